The normalized spacial score (nSPS) is 4.80. The molecule has 0 aliphatic rings. The van der Waals surface area contributed by atoms with Gasteiger partial charge in [-0.05, 0) is 0 Å². The van der Waals surface area contributed by atoms with Gasteiger partial charge in [0.2, 0.25) is 0 Å². The third-order valence-corrected chi connectivity index (χ3v) is 0. The molecule has 0 spiro atoms. The van der Waals surface area contributed by atoms with Crippen LogP contribution in [0.3, 0.4) is 0 Å². The van der Waals surface area contributed by atoms with Crippen LogP contribution in [0.5, 0.6) is 0 Å². The Kier molecular flexibility index (Phi) is 70.7. The van der Waals surface area contributed by atoms with E-state index in [1.54, 1.807) is 0 Å². The minimum absolute atomic E-state index is 0. The molecule has 0 aromatic rings. The van der Waals surface area contributed by atoms with Gasteiger partial charge in [-0.15, -0.1) is 0 Å². The third kappa shape index (κ3) is 1750. The van der Waals surface area contributed by atoms with Crippen LogP contribution in [0.4, 0.5) is 0 Å². The number of hydrogen-bond acceptors (Lipinski definition) is 9. The van der Waals surface area contributed by atoms with E-state index in [0.717, 1.165) is 0 Å². The van der Waals surface area contributed by atoms with Gasteiger partial charge >= 0.3 is 110 Å². The van der Waals surface area contributed by atoms with Gasteiger partial charge in [-0.2, -0.15) is 0 Å². The summed E-state index contributed by atoms with van der Waals surface area (Å²) in [5, 5.41) is 44.2. The molecule has 0 atom stereocenters. The van der Waals surface area contributed by atoms with Crippen molar-refractivity contribution in [3.8, 4) is 0 Å². The summed E-state index contributed by atoms with van der Waals surface area (Å²) in [6.07, 6.45) is 0. The first-order valence-electron chi connectivity index (χ1n) is 1.64. The van der Waals surface area contributed by atoms with E-state index in [0.29, 0.717) is 0 Å². The molecule has 0 radical (unpaired) electrons. The second-order valence-corrected chi connectivity index (χ2v) is 0.671. The SMILES string of the molecule is O=[N+]([O-])[O-].O=[N+]([O-])[O-].O=[N+]([O-])[O-].[K+].[Na+].[Na+]. The molecular formula is KN3Na2O9. The molecule has 0 aliphatic carbocycles. The van der Waals surface area contributed by atoms with Gasteiger partial charge in [0.05, 0.1) is 15.3 Å². The number of hydrogen-bond donors (Lipinski definition) is 0. The molecular weight excluding hydrogens is 271 g/mol. The van der Waals surface area contributed by atoms with Crippen molar-refractivity contribution in [1.82, 2.24) is 0 Å². The Morgan fingerprint density at radius 1 is 0.533 bits per heavy atom. The van der Waals surface area contributed by atoms with Crippen LogP contribution in [0.1, 0.15) is 0 Å². The van der Waals surface area contributed by atoms with E-state index in [-0.39, 0.29) is 110 Å². The quantitative estimate of drug-likeness (QED) is 0.233. The first kappa shape index (κ1) is 36.0. The fraction of sp³-hybridized carbons (Fsp3) is 0. The zero-order valence-electron chi connectivity index (χ0n) is 8.02. The molecule has 0 saturated carbocycles. The summed E-state index contributed by atoms with van der Waals surface area (Å²) in [6, 6.07) is 0. The van der Waals surface area contributed by atoms with Crippen molar-refractivity contribution in [2.75, 3.05) is 0 Å². The van der Waals surface area contributed by atoms with Crippen molar-refractivity contribution in [3.63, 3.8) is 0 Å². The fourth-order valence-electron chi connectivity index (χ4n) is 0. The van der Waals surface area contributed by atoms with Gasteiger partial charge in [0.25, 0.3) is 0 Å². The predicted octanol–water partition coefficient (Wildman–Crippen LogP) is -9.71. The molecule has 0 aromatic heterocycles. The summed E-state index contributed by atoms with van der Waals surface area (Å²) < 4.78 is 0. The minimum atomic E-state index is -1.75. The van der Waals surface area contributed by atoms with E-state index in [9.17, 15) is 0 Å². The molecule has 0 fully saturated rings. The van der Waals surface area contributed by atoms with Gasteiger partial charge in [-0.3, -0.25) is 0 Å². The Morgan fingerprint density at radius 3 is 0.533 bits per heavy atom. The van der Waals surface area contributed by atoms with E-state index in [1.165, 1.54) is 0 Å². The topological polar surface area (TPSA) is 199 Å². The predicted molar refractivity (Wildman–Crippen MR) is 31.1 cm³/mol. The van der Waals surface area contributed by atoms with Crippen LogP contribution in [0.2, 0.25) is 0 Å². The van der Waals surface area contributed by atoms with Crippen LogP contribution in [0, 0.1) is 46.0 Å². The Labute approximate surface area is 168 Å². The zero-order valence-corrected chi connectivity index (χ0v) is 15.1. The van der Waals surface area contributed by atoms with Crippen LogP contribution in [0.25, 0.3) is 0 Å². The van der Waals surface area contributed by atoms with Crippen molar-refractivity contribution in [3.05, 3.63) is 46.0 Å². The van der Waals surface area contributed by atoms with E-state index in [1.807, 2.05) is 0 Å². The summed E-state index contributed by atoms with van der Waals surface area (Å²) in [5.74, 6) is 0. The van der Waals surface area contributed by atoms with Crippen molar-refractivity contribution in [2.45, 2.75) is 0 Å². The molecule has 15 heavy (non-hydrogen) atoms. The maximum absolute atomic E-state index is 8.25. The van der Waals surface area contributed by atoms with E-state index in [2.05, 4.69) is 0 Å². The monoisotopic (exact) mass is 271 g/mol. The van der Waals surface area contributed by atoms with Crippen molar-refractivity contribution in [1.29, 1.82) is 0 Å². The van der Waals surface area contributed by atoms with E-state index in [4.69, 9.17) is 46.0 Å². The zero-order chi connectivity index (χ0) is 10.7. The van der Waals surface area contributed by atoms with Gasteiger partial charge in [0.15, 0.2) is 0 Å². The molecule has 0 aliphatic heterocycles. The van der Waals surface area contributed by atoms with E-state index >= 15 is 0 Å². The molecule has 0 heterocycles. The molecule has 0 bridgehead atoms. The first-order chi connectivity index (χ1) is 5.20. The molecule has 0 rings (SSSR count). The van der Waals surface area contributed by atoms with Gasteiger partial charge < -0.3 is 46.0 Å². The summed E-state index contributed by atoms with van der Waals surface area (Å²) in [4.78, 5) is 24.8. The molecule has 0 amide bonds. The number of nitrogens with zero attached hydrogens (tertiary/aromatic N) is 3. The molecule has 12 nitrogen and oxygen atoms in total. The summed E-state index contributed by atoms with van der Waals surface area (Å²) in [5.41, 5.74) is 0. The standard InChI is InChI=1S/K.3NO3.2Na/c;3*2-1(3)4;;/q+1;3*-1;2*+1. The van der Waals surface area contributed by atoms with Gasteiger partial charge in [0, 0.05) is 0 Å². The fourth-order valence-corrected chi connectivity index (χ4v) is 0. The number of rotatable bonds is 0. The third-order valence-electron chi connectivity index (χ3n) is 0. The van der Waals surface area contributed by atoms with Crippen LogP contribution in [-0.4, -0.2) is 15.3 Å². The molecule has 72 valence electrons. The molecule has 0 N–H and O–H groups in total. The largest absolute Gasteiger partial charge is 1.00 e. The van der Waals surface area contributed by atoms with Gasteiger partial charge in [-0.1, -0.05) is 0 Å². The summed E-state index contributed by atoms with van der Waals surface area (Å²) in [7, 11) is 0. The van der Waals surface area contributed by atoms with Gasteiger partial charge in [-0.25, -0.2) is 0 Å². The van der Waals surface area contributed by atoms with Crippen molar-refractivity contribution in [2.24, 2.45) is 0 Å². The second-order valence-electron chi connectivity index (χ2n) is 0.671. The molecule has 0 saturated heterocycles. The maximum atomic E-state index is 8.25. The Hall–Kier alpha value is 1.24. The smallest absolute Gasteiger partial charge is 0.356 e. The van der Waals surface area contributed by atoms with Crippen LogP contribution in [-0.2, 0) is 0 Å². The Balaban J connectivity index is -0.0000000184. The van der Waals surface area contributed by atoms with Crippen molar-refractivity contribution < 1.29 is 126 Å². The van der Waals surface area contributed by atoms with Crippen LogP contribution >= 0.6 is 0 Å². The van der Waals surface area contributed by atoms with Crippen LogP contribution in [0.15, 0.2) is 0 Å². The maximum Gasteiger partial charge on any atom is 1.00 e. The van der Waals surface area contributed by atoms with Gasteiger partial charge in [0.1, 0.15) is 0 Å². The Bertz CT molecular complexity index is 121. The van der Waals surface area contributed by atoms with Crippen molar-refractivity contribution >= 4 is 0 Å². The average Bonchev–Trinajstić information content (AvgIpc) is 1.54. The summed E-state index contributed by atoms with van der Waals surface area (Å²) in [6.45, 7) is 0. The van der Waals surface area contributed by atoms with Crippen LogP contribution < -0.4 is 110 Å². The molecule has 0 aromatic carbocycles. The minimum Gasteiger partial charge on any atom is -0.356 e. The average molecular weight is 271 g/mol. The second kappa shape index (κ2) is 29.5. The molecule has 0 unspecified atom stereocenters. The molecule has 15 heteroatoms. The Morgan fingerprint density at radius 2 is 0.533 bits per heavy atom. The first-order valence-corrected chi connectivity index (χ1v) is 1.64. The van der Waals surface area contributed by atoms with E-state index < -0.39 is 15.3 Å². The summed E-state index contributed by atoms with van der Waals surface area (Å²) >= 11 is 0.